The van der Waals surface area contributed by atoms with E-state index in [2.05, 4.69) is 10.3 Å². The molecule has 3 aromatic rings. The maximum absolute atomic E-state index is 12.6. The third kappa shape index (κ3) is 3.84. The lowest BCUT2D eigenvalue weighted by Gasteiger charge is -2.16. The van der Waals surface area contributed by atoms with Gasteiger partial charge in [-0.05, 0) is 54.6 Å². The van der Waals surface area contributed by atoms with Crippen molar-refractivity contribution in [3.63, 3.8) is 0 Å². The molecule has 1 N–H and O–H groups in total. The highest BCUT2D eigenvalue weighted by atomic mass is 32.2. The Hall–Kier alpha value is -2.15. The molecule has 1 atom stereocenters. The summed E-state index contributed by atoms with van der Waals surface area (Å²) in [6.45, 7) is 1.98. The fraction of sp³-hybridized carbons (Fsp3) is 0.235. The van der Waals surface area contributed by atoms with Crippen LogP contribution < -0.4 is 5.32 Å². The van der Waals surface area contributed by atoms with Gasteiger partial charge in [0.2, 0.25) is 0 Å². The molecule has 3 rings (SSSR count). The maximum atomic E-state index is 12.6. The number of rotatable bonds is 5. The molecule has 0 aliphatic rings. The predicted octanol–water partition coefficient (Wildman–Crippen LogP) is 5.79. The van der Waals surface area contributed by atoms with Crippen molar-refractivity contribution in [2.24, 2.45) is 0 Å². The number of hydrogen-bond acceptors (Lipinski definition) is 4. The van der Waals surface area contributed by atoms with E-state index in [0.29, 0.717) is 16.5 Å². The van der Waals surface area contributed by atoms with Crippen LogP contribution >= 0.6 is 11.8 Å². The van der Waals surface area contributed by atoms with Gasteiger partial charge in [-0.25, -0.2) is 4.98 Å². The summed E-state index contributed by atoms with van der Waals surface area (Å²) < 4.78 is 43.4. The second-order valence-corrected chi connectivity index (χ2v) is 6.34. The number of thioether (sulfide) groups is 1. The van der Waals surface area contributed by atoms with E-state index in [4.69, 9.17) is 4.42 Å². The van der Waals surface area contributed by atoms with E-state index >= 15 is 0 Å². The highest BCUT2D eigenvalue weighted by molar-refractivity contribution is 7.99. The zero-order valence-electron chi connectivity index (χ0n) is 12.8. The Labute approximate surface area is 141 Å². The van der Waals surface area contributed by atoms with E-state index in [0.717, 1.165) is 24.1 Å². The topological polar surface area (TPSA) is 38.1 Å². The van der Waals surface area contributed by atoms with Crippen LogP contribution in [0.2, 0.25) is 0 Å². The molecule has 0 saturated carbocycles. The lowest BCUT2D eigenvalue weighted by molar-refractivity contribution is -0.137. The van der Waals surface area contributed by atoms with Crippen molar-refractivity contribution < 1.29 is 17.6 Å². The molecular weight excluding hydrogens is 337 g/mol. The Kier molecular flexibility index (Phi) is 4.71. The molecule has 1 heterocycles. The Balaban J connectivity index is 1.70. The fourth-order valence-corrected chi connectivity index (χ4v) is 3.07. The summed E-state index contributed by atoms with van der Waals surface area (Å²) in [7, 11) is 0. The van der Waals surface area contributed by atoms with Gasteiger partial charge in [-0.1, -0.05) is 19.1 Å². The Bertz CT molecular complexity index is 782. The number of benzene rings is 2. The zero-order chi connectivity index (χ0) is 17.2. The fourth-order valence-electron chi connectivity index (χ4n) is 2.18. The summed E-state index contributed by atoms with van der Waals surface area (Å²) >= 11 is 1.41. The van der Waals surface area contributed by atoms with Gasteiger partial charge in [-0.2, -0.15) is 13.2 Å². The molecule has 7 heteroatoms. The molecule has 3 nitrogen and oxygen atoms in total. The SMILES string of the molecule is CCC(Nc1ccc(C(F)(F)F)cc1)Sc1nc2ccccc2o1. The lowest BCUT2D eigenvalue weighted by atomic mass is 10.2. The first-order valence-corrected chi connectivity index (χ1v) is 8.29. The van der Waals surface area contributed by atoms with Crippen LogP contribution in [0.15, 0.2) is 58.2 Å². The van der Waals surface area contributed by atoms with Gasteiger partial charge in [0.05, 0.1) is 10.9 Å². The number of halogens is 3. The largest absolute Gasteiger partial charge is 0.431 e. The van der Waals surface area contributed by atoms with Crippen molar-refractivity contribution in [2.75, 3.05) is 5.32 Å². The standard InChI is InChI=1S/C17H15F3N2OS/c1-2-15(21-12-9-7-11(8-10-12)17(18,19)20)24-16-22-13-5-3-4-6-14(13)23-16/h3-10,15,21H,2H2,1H3. The molecule has 1 unspecified atom stereocenters. The van der Waals surface area contributed by atoms with Gasteiger partial charge >= 0.3 is 6.18 Å². The molecule has 0 amide bonds. The summed E-state index contributed by atoms with van der Waals surface area (Å²) in [5, 5.41) is 3.67. The maximum Gasteiger partial charge on any atom is 0.416 e. The van der Waals surface area contributed by atoms with Crippen LogP contribution in [0.3, 0.4) is 0 Å². The van der Waals surface area contributed by atoms with Crippen molar-refractivity contribution >= 4 is 28.5 Å². The van der Waals surface area contributed by atoms with Crippen LogP contribution in [0.5, 0.6) is 0 Å². The van der Waals surface area contributed by atoms with E-state index < -0.39 is 11.7 Å². The number of oxazole rings is 1. The molecule has 24 heavy (non-hydrogen) atoms. The van der Waals surface area contributed by atoms with E-state index in [1.54, 1.807) is 0 Å². The number of anilines is 1. The van der Waals surface area contributed by atoms with Crippen LogP contribution in [0.1, 0.15) is 18.9 Å². The number of nitrogens with zero attached hydrogens (tertiary/aromatic N) is 1. The molecular formula is C17H15F3N2OS. The second-order valence-electron chi connectivity index (χ2n) is 5.18. The average Bonchev–Trinajstić information content (AvgIpc) is 2.96. The summed E-state index contributed by atoms with van der Waals surface area (Å²) in [6, 6.07) is 12.5. The van der Waals surface area contributed by atoms with E-state index in [1.165, 1.54) is 23.9 Å². The number of hydrogen-bond donors (Lipinski definition) is 1. The van der Waals surface area contributed by atoms with Gasteiger partial charge in [0.25, 0.3) is 5.22 Å². The van der Waals surface area contributed by atoms with Crippen molar-refractivity contribution in [1.82, 2.24) is 4.98 Å². The van der Waals surface area contributed by atoms with Crippen LogP contribution in [0.4, 0.5) is 18.9 Å². The van der Waals surface area contributed by atoms with E-state index in [1.807, 2.05) is 31.2 Å². The highest BCUT2D eigenvalue weighted by Gasteiger charge is 2.30. The van der Waals surface area contributed by atoms with Crippen molar-refractivity contribution in [1.29, 1.82) is 0 Å². The third-order valence-corrected chi connectivity index (χ3v) is 4.54. The van der Waals surface area contributed by atoms with Crippen LogP contribution in [0.25, 0.3) is 11.1 Å². The molecule has 0 aliphatic carbocycles. The molecule has 0 aliphatic heterocycles. The first kappa shape index (κ1) is 16.7. The molecule has 2 aromatic carbocycles. The number of para-hydroxylation sites is 2. The minimum Gasteiger partial charge on any atom is -0.431 e. The van der Waals surface area contributed by atoms with Crippen molar-refractivity contribution in [2.45, 2.75) is 30.1 Å². The highest BCUT2D eigenvalue weighted by Crippen LogP contribution is 2.32. The quantitative estimate of drug-likeness (QED) is 0.466. The number of aromatic nitrogens is 1. The van der Waals surface area contributed by atoms with Gasteiger partial charge in [0.15, 0.2) is 5.58 Å². The monoisotopic (exact) mass is 352 g/mol. The van der Waals surface area contributed by atoms with Crippen molar-refractivity contribution in [3.05, 3.63) is 54.1 Å². The Morgan fingerprint density at radius 2 is 1.83 bits per heavy atom. The Morgan fingerprint density at radius 1 is 1.12 bits per heavy atom. The van der Waals surface area contributed by atoms with E-state index in [9.17, 15) is 13.2 Å². The lowest BCUT2D eigenvalue weighted by Crippen LogP contribution is -2.14. The Morgan fingerprint density at radius 3 is 2.46 bits per heavy atom. The summed E-state index contributed by atoms with van der Waals surface area (Å²) in [4.78, 5) is 4.40. The van der Waals surface area contributed by atoms with Gasteiger partial charge in [-0.3, -0.25) is 0 Å². The minimum absolute atomic E-state index is 0.0604. The van der Waals surface area contributed by atoms with Crippen molar-refractivity contribution in [3.8, 4) is 0 Å². The minimum atomic E-state index is -4.32. The van der Waals surface area contributed by atoms with Gasteiger partial charge < -0.3 is 9.73 Å². The average molecular weight is 352 g/mol. The smallest absolute Gasteiger partial charge is 0.416 e. The van der Waals surface area contributed by atoms with Crippen LogP contribution in [0, 0.1) is 0 Å². The first-order valence-electron chi connectivity index (χ1n) is 7.41. The summed E-state index contributed by atoms with van der Waals surface area (Å²) in [6.07, 6.45) is -3.57. The molecule has 126 valence electrons. The summed E-state index contributed by atoms with van der Waals surface area (Å²) in [5.74, 6) is 0. The molecule has 0 fully saturated rings. The van der Waals surface area contributed by atoms with Crippen LogP contribution in [-0.4, -0.2) is 10.4 Å². The first-order chi connectivity index (χ1) is 11.5. The van der Waals surface area contributed by atoms with Crippen LogP contribution in [-0.2, 0) is 6.18 Å². The molecule has 1 aromatic heterocycles. The molecule has 0 radical (unpaired) electrons. The molecule has 0 bridgehead atoms. The number of fused-ring (bicyclic) bond motifs is 1. The normalized spacial score (nSPS) is 13.2. The zero-order valence-corrected chi connectivity index (χ0v) is 13.6. The van der Waals surface area contributed by atoms with Gasteiger partial charge in [0, 0.05) is 5.69 Å². The second kappa shape index (κ2) is 6.76. The number of nitrogens with one attached hydrogen (secondary N) is 1. The van der Waals surface area contributed by atoms with Gasteiger partial charge in [-0.15, -0.1) is 0 Å². The molecule has 0 spiro atoms. The predicted molar refractivity (Wildman–Crippen MR) is 89.0 cm³/mol. The van der Waals surface area contributed by atoms with E-state index in [-0.39, 0.29) is 5.37 Å². The number of alkyl halides is 3. The molecule has 0 saturated heterocycles. The summed E-state index contributed by atoms with van der Waals surface area (Å²) in [5.41, 5.74) is 1.46. The van der Waals surface area contributed by atoms with Gasteiger partial charge in [0.1, 0.15) is 5.52 Å². The third-order valence-electron chi connectivity index (χ3n) is 3.43.